The lowest BCUT2D eigenvalue weighted by atomic mass is 10.2. The molecule has 17 heavy (non-hydrogen) atoms. The molecule has 0 saturated heterocycles. The Hall–Kier alpha value is -1.62. The Morgan fingerprint density at radius 1 is 1.59 bits per heavy atom. The minimum atomic E-state index is -0.252. The van der Waals surface area contributed by atoms with Gasteiger partial charge in [0.25, 0.3) is 5.91 Å². The number of rotatable bonds is 5. The van der Waals surface area contributed by atoms with Crippen molar-refractivity contribution < 1.29 is 9.53 Å². The number of nitrogens with one attached hydrogen (secondary N) is 1. The Balaban J connectivity index is 2.12. The Morgan fingerprint density at radius 3 is 2.94 bits per heavy atom. The zero-order valence-corrected chi connectivity index (χ0v) is 9.81. The van der Waals surface area contributed by atoms with E-state index in [-0.39, 0.29) is 11.5 Å². The first-order valence-corrected chi connectivity index (χ1v) is 5.71. The first-order valence-electron chi connectivity index (χ1n) is 5.71. The number of hydrogen-bond acceptors (Lipinski definition) is 3. The fourth-order valence-corrected chi connectivity index (χ4v) is 1.77. The fourth-order valence-electron chi connectivity index (χ4n) is 1.77. The Labute approximate surface area is 99.4 Å². The second-order valence-corrected chi connectivity index (χ2v) is 4.16. The Kier molecular flexibility index (Phi) is 3.58. The van der Waals surface area contributed by atoms with E-state index in [9.17, 15) is 9.59 Å². The average molecular weight is 236 g/mol. The number of pyridine rings is 1. The van der Waals surface area contributed by atoms with E-state index in [0.717, 1.165) is 12.8 Å². The maximum Gasteiger partial charge on any atom is 0.254 e. The number of amides is 1. The van der Waals surface area contributed by atoms with Crippen molar-refractivity contribution in [1.82, 2.24) is 9.88 Å². The van der Waals surface area contributed by atoms with Crippen molar-refractivity contribution in [1.29, 1.82) is 0 Å². The summed E-state index contributed by atoms with van der Waals surface area (Å²) in [6.45, 7) is 1.10. The third-order valence-corrected chi connectivity index (χ3v) is 2.81. The number of aromatic amines is 1. The van der Waals surface area contributed by atoms with Crippen LogP contribution in [0.15, 0.2) is 23.1 Å². The summed E-state index contributed by atoms with van der Waals surface area (Å²) < 4.78 is 5.00. The Morgan fingerprint density at radius 2 is 2.35 bits per heavy atom. The van der Waals surface area contributed by atoms with Gasteiger partial charge < -0.3 is 14.6 Å². The molecule has 0 unspecified atom stereocenters. The molecule has 92 valence electrons. The summed E-state index contributed by atoms with van der Waals surface area (Å²) in [5.74, 6) is -0.0874. The smallest absolute Gasteiger partial charge is 0.254 e. The van der Waals surface area contributed by atoms with Gasteiger partial charge >= 0.3 is 0 Å². The van der Waals surface area contributed by atoms with Gasteiger partial charge in [0.1, 0.15) is 0 Å². The van der Waals surface area contributed by atoms with Crippen molar-refractivity contribution in [2.75, 3.05) is 20.3 Å². The molecule has 0 spiro atoms. The van der Waals surface area contributed by atoms with Gasteiger partial charge in [0.15, 0.2) is 0 Å². The van der Waals surface area contributed by atoms with Crippen molar-refractivity contribution in [2.24, 2.45) is 0 Å². The van der Waals surface area contributed by atoms with E-state index >= 15 is 0 Å². The average Bonchev–Trinajstić information content (AvgIpc) is 3.14. The number of aromatic nitrogens is 1. The third-order valence-electron chi connectivity index (χ3n) is 2.81. The summed E-state index contributed by atoms with van der Waals surface area (Å²) in [6.07, 6.45) is 3.58. The quantitative estimate of drug-likeness (QED) is 0.815. The standard InChI is InChI=1S/C12H16N2O3/c1-17-7-6-14(10-2-3-10)12(16)9-4-5-13-11(15)8-9/h4-5,8,10H,2-3,6-7H2,1H3,(H,13,15). The molecular formula is C12H16N2O3. The number of carbonyl (C=O) groups is 1. The van der Waals surface area contributed by atoms with Crippen LogP contribution in [-0.2, 0) is 4.74 Å². The zero-order valence-electron chi connectivity index (χ0n) is 9.81. The summed E-state index contributed by atoms with van der Waals surface area (Å²) in [5.41, 5.74) is 0.190. The van der Waals surface area contributed by atoms with Crippen LogP contribution in [0.3, 0.4) is 0 Å². The van der Waals surface area contributed by atoms with E-state index in [1.807, 2.05) is 0 Å². The molecule has 1 aliphatic carbocycles. The predicted octanol–water partition coefficient (Wildman–Crippen LogP) is 0.626. The molecule has 0 aliphatic heterocycles. The summed E-state index contributed by atoms with van der Waals surface area (Å²) in [5, 5.41) is 0. The molecule has 1 amide bonds. The van der Waals surface area contributed by atoms with Crippen LogP contribution in [0.2, 0.25) is 0 Å². The van der Waals surface area contributed by atoms with E-state index < -0.39 is 0 Å². The van der Waals surface area contributed by atoms with Crippen molar-refractivity contribution in [3.8, 4) is 0 Å². The number of hydrogen-bond donors (Lipinski definition) is 1. The van der Waals surface area contributed by atoms with Gasteiger partial charge in [0, 0.05) is 37.5 Å². The van der Waals surface area contributed by atoms with Crippen LogP contribution in [0, 0.1) is 0 Å². The lowest BCUT2D eigenvalue weighted by Crippen LogP contribution is -2.36. The van der Waals surface area contributed by atoms with Crippen molar-refractivity contribution in [3.05, 3.63) is 34.2 Å². The topological polar surface area (TPSA) is 62.4 Å². The van der Waals surface area contributed by atoms with E-state index in [4.69, 9.17) is 4.74 Å². The number of nitrogens with zero attached hydrogens (tertiary/aromatic N) is 1. The third kappa shape index (κ3) is 2.94. The molecule has 5 heteroatoms. The maximum absolute atomic E-state index is 12.2. The normalized spacial score (nSPS) is 14.6. The van der Waals surface area contributed by atoms with E-state index in [0.29, 0.717) is 24.8 Å². The fraction of sp³-hybridized carbons (Fsp3) is 0.500. The molecule has 0 aromatic carbocycles. The van der Waals surface area contributed by atoms with Crippen LogP contribution in [0.5, 0.6) is 0 Å². The lowest BCUT2D eigenvalue weighted by Gasteiger charge is -2.21. The van der Waals surface area contributed by atoms with Crippen LogP contribution in [0.4, 0.5) is 0 Å². The SMILES string of the molecule is COCCN(C(=O)c1cc[nH]c(=O)c1)C1CC1. The summed E-state index contributed by atoms with van der Waals surface area (Å²) in [4.78, 5) is 27.7. The van der Waals surface area contributed by atoms with Gasteiger partial charge in [0.05, 0.1) is 6.61 Å². The van der Waals surface area contributed by atoms with Crippen molar-refractivity contribution in [2.45, 2.75) is 18.9 Å². The molecule has 5 nitrogen and oxygen atoms in total. The summed E-state index contributed by atoms with van der Waals surface area (Å²) in [6, 6.07) is 3.29. The zero-order chi connectivity index (χ0) is 12.3. The summed E-state index contributed by atoms with van der Waals surface area (Å²) in [7, 11) is 1.61. The number of ether oxygens (including phenoxy) is 1. The largest absolute Gasteiger partial charge is 0.383 e. The summed E-state index contributed by atoms with van der Waals surface area (Å²) >= 11 is 0. The first-order chi connectivity index (χ1) is 8.22. The molecular weight excluding hydrogens is 220 g/mol. The van der Waals surface area contributed by atoms with Gasteiger partial charge in [-0.05, 0) is 18.9 Å². The number of H-pyrrole nitrogens is 1. The highest BCUT2D eigenvalue weighted by Crippen LogP contribution is 2.27. The number of carbonyl (C=O) groups excluding carboxylic acids is 1. The minimum absolute atomic E-state index is 0.0874. The maximum atomic E-state index is 12.2. The highest BCUT2D eigenvalue weighted by atomic mass is 16.5. The Bertz CT molecular complexity index is 451. The van der Waals surface area contributed by atoms with Gasteiger partial charge in [-0.25, -0.2) is 0 Å². The second kappa shape index (κ2) is 5.14. The van der Waals surface area contributed by atoms with E-state index in [1.54, 1.807) is 18.1 Å². The van der Waals surface area contributed by atoms with Gasteiger partial charge in [0.2, 0.25) is 5.56 Å². The molecule has 1 heterocycles. The number of methoxy groups -OCH3 is 1. The lowest BCUT2D eigenvalue weighted by molar-refractivity contribution is 0.0680. The molecule has 0 atom stereocenters. The molecule has 1 aromatic heterocycles. The molecule has 1 N–H and O–H groups in total. The van der Waals surface area contributed by atoms with Crippen molar-refractivity contribution >= 4 is 5.91 Å². The van der Waals surface area contributed by atoms with Gasteiger partial charge in [-0.1, -0.05) is 0 Å². The van der Waals surface area contributed by atoms with Crippen molar-refractivity contribution in [3.63, 3.8) is 0 Å². The van der Waals surface area contributed by atoms with E-state index in [1.165, 1.54) is 12.3 Å². The highest BCUT2D eigenvalue weighted by Gasteiger charge is 2.32. The van der Waals surface area contributed by atoms with Crippen LogP contribution in [0.1, 0.15) is 23.2 Å². The molecule has 0 bridgehead atoms. The molecule has 2 rings (SSSR count). The van der Waals surface area contributed by atoms with Gasteiger partial charge in [-0.3, -0.25) is 9.59 Å². The highest BCUT2D eigenvalue weighted by molar-refractivity contribution is 5.94. The molecule has 0 radical (unpaired) electrons. The molecule has 1 saturated carbocycles. The molecule has 1 aliphatic rings. The molecule has 1 aromatic rings. The van der Waals surface area contributed by atoms with Gasteiger partial charge in [-0.15, -0.1) is 0 Å². The monoisotopic (exact) mass is 236 g/mol. The van der Waals surface area contributed by atoms with Gasteiger partial charge in [-0.2, -0.15) is 0 Å². The van der Waals surface area contributed by atoms with Crippen LogP contribution in [-0.4, -0.2) is 42.1 Å². The second-order valence-electron chi connectivity index (χ2n) is 4.16. The predicted molar refractivity (Wildman–Crippen MR) is 63.0 cm³/mol. The minimum Gasteiger partial charge on any atom is -0.383 e. The molecule has 1 fully saturated rings. The van der Waals surface area contributed by atoms with Crippen LogP contribution < -0.4 is 5.56 Å². The first kappa shape index (κ1) is 11.9. The van der Waals surface area contributed by atoms with Crippen LogP contribution >= 0.6 is 0 Å². The van der Waals surface area contributed by atoms with Crippen LogP contribution in [0.25, 0.3) is 0 Å². The van der Waals surface area contributed by atoms with E-state index in [2.05, 4.69) is 4.98 Å².